The van der Waals surface area contributed by atoms with E-state index in [1.54, 1.807) is 24.3 Å². The van der Waals surface area contributed by atoms with Crippen molar-refractivity contribution in [1.29, 1.82) is 0 Å². The van der Waals surface area contributed by atoms with Gasteiger partial charge in [0, 0.05) is 17.2 Å². The summed E-state index contributed by atoms with van der Waals surface area (Å²) in [6.45, 7) is -0.335. The average Bonchev–Trinajstić information content (AvgIpc) is 2.96. The number of halogens is 1. The van der Waals surface area contributed by atoms with Gasteiger partial charge in [-0.15, -0.1) is 0 Å². The van der Waals surface area contributed by atoms with E-state index in [9.17, 15) is 18.0 Å². The molecular weight excluding hydrogens is 422 g/mol. The van der Waals surface area contributed by atoms with Crippen LogP contribution in [-0.4, -0.2) is 38.1 Å². The van der Waals surface area contributed by atoms with E-state index >= 15 is 0 Å². The molecule has 0 fully saturated rings. The van der Waals surface area contributed by atoms with Crippen molar-refractivity contribution < 1.29 is 18.0 Å². The van der Waals surface area contributed by atoms with Crippen LogP contribution in [0.4, 0.5) is 11.4 Å². The van der Waals surface area contributed by atoms with E-state index in [1.165, 1.54) is 19.2 Å². The molecule has 2 aromatic carbocycles. The van der Waals surface area contributed by atoms with Gasteiger partial charge in [0.2, 0.25) is 21.8 Å². The molecule has 2 aromatic rings. The van der Waals surface area contributed by atoms with E-state index in [1.807, 2.05) is 6.07 Å². The lowest BCUT2D eigenvalue weighted by molar-refractivity contribution is -0.116. The summed E-state index contributed by atoms with van der Waals surface area (Å²) in [5.41, 5.74) is 1.80. The number of sulfonamides is 1. The molecule has 7 nitrogen and oxygen atoms in total. The molecule has 3 rings (SSSR count). The predicted molar refractivity (Wildman–Crippen MR) is 101 cm³/mol. The van der Waals surface area contributed by atoms with Gasteiger partial charge in [0.15, 0.2) is 0 Å². The number of carbonyl (C=O) groups excluding carboxylic acids is 2. The first-order valence-corrected chi connectivity index (χ1v) is 9.94. The normalized spacial score (nSPS) is 13.4. The SMILES string of the molecule is CN(CC(=O)Nc1ccccc1Br)S(=O)(=O)c1ccc2c(c1)CC(=O)N2. The molecule has 0 spiro atoms. The molecule has 0 saturated heterocycles. The van der Waals surface area contributed by atoms with Gasteiger partial charge >= 0.3 is 0 Å². The molecule has 0 aromatic heterocycles. The Morgan fingerprint density at radius 2 is 2.00 bits per heavy atom. The number of rotatable bonds is 5. The van der Waals surface area contributed by atoms with Crippen molar-refractivity contribution in [1.82, 2.24) is 4.31 Å². The van der Waals surface area contributed by atoms with Crippen LogP contribution in [0, 0.1) is 0 Å². The summed E-state index contributed by atoms with van der Waals surface area (Å²) in [6.07, 6.45) is 0.144. The topological polar surface area (TPSA) is 95.6 Å². The second-order valence-corrected chi connectivity index (χ2v) is 8.73. The number of hydrogen-bond acceptors (Lipinski definition) is 4. The summed E-state index contributed by atoms with van der Waals surface area (Å²) in [5, 5.41) is 5.32. The number of benzene rings is 2. The lowest BCUT2D eigenvalue weighted by Crippen LogP contribution is -2.35. The van der Waals surface area contributed by atoms with E-state index in [4.69, 9.17) is 0 Å². The average molecular weight is 438 g/mol. The molecule has 2 N–H and O–H groups in total. The second kappa shape index (κ2) is 7.18. The molecule has 0 bridgehead atoms. The lowest BCUT2D eigenvalue weighted by atomic mass is 10.2. The summed E-state index contributed by atoms with van der Waals surface area (Å²) >= 11 is 3.32. The summed E-state index contributed by atoms with van der Waals surface area (Å²) < 4.78 is 27.1. The van der Waals surface area contributed by atoms with Gasteiger partial charge in [0.1, 0.15) is 0 Å². The third-order valence-corrected chi connectivity index (χ3v) is 6.42. The van der Waals surface area contributed by atoms with E-state index in [-0.39, 0.29) is 23.8 Å². The summed E-state index contributed by atoms with van der Waals surface area (Å²) in [7, 11) is -2.51. The number of likely N-dealkylation sites (N-methyl/N-ethyl adjacent to an activating group) is 1. The van der Waals surface area contributed by atoms with Gasteiger partial charge in [-0.05, 0) is 51.8 Å². The molecule has 1 heterocycles. The Labute approximate surface area is 159 Å². The highest BCUT2D eigenvalue weighted by Crippen LogP contribution is 2.27. The van der Waals surface area contributed by atoms with Gasteiger partial charge < -0.3 is 10.6 Å². The minimum absolute atomic E-state index is 0.0453. The third-order valence-electron chi connectivity index (χ3n) is 3.92. The number of nitrogens with one attached hydrogen (secondary N) is 2. The molecule has 136 valence electrons. The molecule has 0 unspecified atom stereocenters. The molecule has 0 saturated carbocycles. The van der Waals surface area contributed by atoms with Gasteiger partial charge in [-0.3, -0.25) is 9.59 Å². The van der Waals surface area contributed by atoms with Crippen LogP contribution in [0.5, 0.6) is 0 Å². The maximum Gasteiger partial charge on any atom is 0.243 e. The van der Waals surface area contributed by atoms with Crippen molar-refractivity contribution in [3.8, 4) is 0 Å². The van der Waals surface area contributed by atoms with Crippen molar-refractivity contribution in [3.63, 3.8) is 0 Å². The zero-order valence-electron chi connectivity index (χ0n) is 13.8. The molecule has 0 aliphatic carbocycles. The molecule has 0 radical (unpaired) electrons. The number of anilines is 2. The van der Waals surface area contributed by atoms with Crippen LogP contribution in [0.15, 0.2) is 51.8 Å². The highest BCUT2D eigenvalue weighted by Gasteiger charge is 2.26. The molecule has 2 amide bonds. The lowest BCUT2D eigenvalue weighted by Gasteiger charge is -2.17. The minimum Gasteiger partial charge on any atom is -0.326 e. The highest BCUT2D eigenvalue weighted by atomic mass is 79.9. The Morgan fingerprint density at radius 3 is 2.73 bits per heavy atom. The standard InChI is InChI=1S/C17H16BrN3O4S/c1-21(10-17(23)20-15-5-3-2-4-13(15)18)26(24,25)12-6-7-14-11(8-12)9-16(22)19-14/h2-8H,9-10H2,1H3,(H,19,22)(H,20,23). The van der Waals surface area contributed by atoms with Crippen LogP contribution >= 0.6 is 15.9 Å². The second-order valence-electron chi connectivity index (χ2n) is 5.83. The number of nitrogens with zero attached hydrogens (tertiary/aromatic N) is 1. The van der Waals surface area contributed by atoms with E-state index < -0.39 is 15.9 Å². The van der Waals surface area contributed by atoms with Gasteiger partial charge in [-0.2, -0.15) is 4.31 Å². The van der Waals surface area contributed by atoms with Crippen molar-refractivity contribution in [2.45, 2.75) is 11.3 Å². The molecule has 1 aliphatic heterocycles. The Hall–Kier alpha value is -2.23. The predicted octanol–water partition coefficient (Wildman–Crippen LogP) is 2.20. The van der Waals surface area contributed by atoms with Gasteiger partial charge in [0.25, 0.3) is 0 Å². The summed E-state index contributed by atoms with van der Waals surface area (Å²) in [6, 6.07) is 11.5. The number of amides is 2. The Balaban J connectivity index is 1.73. The number of hydrogen-bond donors (Lipinski definition) is 2. The Morgan fingerprint density at radius 1 is 1.27 bits per heavy atom. The Kier molecular flexibility index (Phi) is 5.12. The van der Waals surface area contributed by atoms with Crippen molar-refractivity contribution in [2.24, 2.45) is 0 Å². The van der Waals surface area contributed by atoms with Gasteiger partial charge in [0.05, 0.1) is 23.5 Å². The smallest absolute Gasteiger partial charge is 0.243 e. The van der Waals surface area contributed by atoms with Crippen molar-refractivity contribution >= 4 is 49.1 Å². The first-order valence-electron chi connectivity index (χ1n) is 7.71. The molecule has 0 atom stereocenters. The maximum atomic E-state index is 12.7. The van der Waals surface area contributed by atoms with Crippen molar-refractivity contribution in [2.75, 3.05) is 24.2 Å². The quantitative estimate of drug-likeness (QED) is 0.749. The van der Waals surface area contributed by atoms with Crippen LogP contribution in [0.25, 0.3) is 0 Å². The molecule has 9 heteroatoms. The largest absolute Gasteiger partial charge is 0.326 e. The van der Waals surface area contributed by atoms with E-state index in [0.29, 0.717) is 21.4 Å². The first kappa shape index (κ1) is 18.6. The first-order chi connectivity index (χ1) is 12.3. The zero-order chi connectivity index (χ0) is 18.9. The third kappa shape index (κ3) is 3.79. The summed E-state index contributed by atoms with van der Waals surface area (Å²) in [5.74, 6) is -0.628. The number of para-hydroxylation sites is 1. The van der Waals surface area contributed by atoms with Crippen LogP contribution in [0.2, 0.25) is 0 Å². The molecular formula is C17H16BrN3O4S. The minimum atomic E-state index is -3.85. The van der Waals surface area contributed by atoms with Gasteiger partial charge in [-0.1, -0.05) is 12.1 Å². The monoisotopic (exact) mass is 437 g/mol. The fourth-order valence-electron chi connectivity index (χ4n) is 2.59. The molecule has 1 aliphatic rings. The highest BCUT2D eigenvalue weighted by molar-refractivity contribution is 9.10. The van der Waals surface area contributed by atoms with Crippen LogP contribution < -0.4 is 10.6 Å². The van der Waals surface area contributed by atoms with Crippen LogP contribution in [0.3, 0.4) is 0 Å². The van der Waals surface area contributed by atoms with E-state index in [0.717, 1.165) is 4.31 Å². The van der Waals surface area contributed by atoms with Crippen LogP contribution in [-0.2, 0) is 26.0 Å². The van der Waals surface area contributed by atoms with Crippen LogP contribution in [0.1, 0.15) is 5.56 Å². The maximum absolute atomic E-state index is 12.7. The zero-order valence-corrected chi connectivity index (χ0v) is 16.2. The number of carbonyl (C=O) groups is 2. The van der Waals surface area contributed by atoms with E-state index in [2.05, 4.69) is 26.6 Å². The fraction of sp³-hybridized carbons (Fsp3) is 0.176. The number of fused-ring (bicyclic) bond motifs is 1. The summed E-state index contributed by atoms with van der Waals surface area (Å²) in [4.78, 5) is 23.6. The molecule has 26 heavy (non-hydrogen) atoms. The Bertz CT molecular complexity index is 991. The van der Waals surface area contributed by atoms with Crippen molar-refractivity contribution in [3.05, 3.63) is 52.5 Å². The van der Waals surface area contributed by atoms with Gasteiger partial charge in [-0.25, -0.2) is 8.42 Å². The fourth-order valence-corrected chi connectivity index (χ4v) is 4.15.